The van der Waals surface area contributed by atoms with Crippen LogP contribution in [0.25, 0.3) is 0 Å². The van der Waals surface area contributed by atoms with E-state index < -0.39 is 6.29 Å². The average Bonchev–Trinajstić information content (AvgIpc) is 2.59. The molecular weight excluding hydrogens is 314 g/mol. The molecule has 0 fully saturated rings. The maximum absolute atomic E-state index is 10.3. The molecule has 0 saturated heterocycles. The number of carbonyl (C=O) groups excluding carboxylic acids is 1. The van der Waals surface area contributed by atoms with Crippen LogP contribution in [0.2, 0.25) is 0 Å². The van der Waals surface area contributed by atoms with Gasteiger partial charge in [-0.1, -0.05) is 65.9 Å². The van der Waals surface area contributed by atoms with Gasteiger partial charge in [0.2, 0.25) is 0 Å². The van der Waals surface area contributed by atoms with E-state index in [2.05, 4.69) is 17.9 Å². The number of methoxy groups -OCH3 is 1. The fourth-order valence-electron chi connectivity index (χ4n) is 1.13. The third kappa shape index (κ3) is 18.7. The maximum Gasteiger partial charge on any atom is 0.305 e. The third-order valence-corrected chi connectivity index (χ3v) is 2.64. The van der Waals surface area contributed by atoms with Crippen LogP contribution in [0.15, 0.2) is 25.4 Å². The molecule has 0 aliphatic carbocycles. The first-order valence-electron chi connectivity index (χ1n) is 7.96. The molecule has 6 heteroatoms. The molecule has 1 atom stereocenters. The molecule has 0 aliphatic heterocycles. The lowest BCUT2D eigenvalue weighted by Gasteiger charge is -2.21. The number of thiocarbonyl (C=S) groups is 1. The lowest BCUT2D eigenvalue weighted by atomic mass is 10.3. The lowest BCUT2D eigenvalue weighted by Crippen LogP contribution is -2.28. The predicted octanol–water partition coefficient (Wildman–Crippen LogP) is 4.37. The summed E-state index contributed by atoms with van der Waals surface area (Å²) in [4.78, 5) is 15.8. The number of unbranched alkanes of at least 4 members (excludes halogenated alkanes) is 1. The van der Waals surface area contributed by atoms with Gasteiger partial charge in [0.1, 0.15) is 4.99 Å². The second kappa shape index (κ2) is 20.8. The largest absolute Gasteiger partial charge is 0.469 e. The minimum Gasteiger partial charge on any atom is -0.469 e. The van der Waals surface area contributed by atoms with E-state index in [1.165, 1.54) is 24.4 Å². The summed E-state index contributed by atoms with van der Waals surface area (Å²) in [5.41, 5.74) is 0. The highest BCUT2D eigenvalue weighted by molar-refractivity contribution is 7.80. The number of aliphatic hydroxyl groups is 1. The quantitative estimate of drug-likeness (QED) is 0.220. The zero-order chi connectivity index (χ0) is 18.7. The van der Waals surface area contributed by atoms with Gasteiger partial charge in [0.25, 0.3) is 0 Å². The first-order chi connectivity index (χ1) is 11.0. The standard InChI is InChI=1S/C9H15NO2S.C6H12O2.C2H6/c1-4-7-9(11)12-10(6-3)8(13)5-2;1-3-4-5-6(7)8-2;1-2/h5-6,9,11H,2-4,7H2,1H3;3-5H2,1-2H3;1-2H3. The van der Waals surface area contributed by atoms with Gasteiger partial charge in [-0.2, -0.15) is 0 Å². The van der Waals surface area contributed by atoms with Gasteiger partial charge < -0.3 is 9.84 Å². The molecule has 0 aromatic carbocycles. The van der Waals surface area contributed by atoms with E-state index >= 15 is 0 Å². The Bertz CT molecular complexity index is 322. The fourth-order valence-corrected chi connectivity index (χ4v) is 1.25. The molecule has 0 aromatic rings. The first-order valence-corrected chi connectivity index (χ1v) is 8.37. The number of hydrogen-bond donors (Lipinski definition) is 1. The van der Waals surface area contributed by atoms with Gasteiger partial charge >= 0.3 is 5.97 Å². The number of esters is 1. The summed E-state index contributed by atoms with van der Waals surface area (Å²) in [6.45, 7) is 15.0. The topological polar surface area (TPSA) is 59.0 Å². The van der Waals surface area contributed by atoms with Crippen LogP contribution >= 0.6 is 12.2 Å². The SMILES string of the molecule is C=CC(=S)N(C=C)OC(O)CCC.CC.CCCCC(=O)OC. The van der Waals surface area contributed by atoms with Crippen LogP contribution in [-0.4, -0.2) is 34.5 Å². The zero-order valence-electron chi connectivity index (χ0n) is 15.2. The second-order valence-electron chi connectivity index (χ2n) is 4.08. The molecule has 1 unspecified atom stereocenters. The fraction of sp³-hybridized carbons (Fsp3) is 0.647. The van der Waals surface area contributed by atoms with Crippen LogP contribution in [0, 0.1) is 0 Å². The lowest BCUT2D eigenvalue weighted by molar-refractivity contribution is -0.207. The van der Waals surface area contributed by atoms with Gasteiger partial charge in [-0.25, -0.2) is 9.90 Å². The smallest absolute Gasteiger partial charge is 0.305 e. The van der Waals surface area contributed by atoms with Gasteiger partial charge in [-0.3, -0.25) is 4.79 Å². The number of aliphatic hydroxyl groups excluding tert-OH is 1. The molecule has 0 radical (unpaired) electrons. The summed E-state index contributed by atoms with van der Waals surface area (Å²) in [7, 11) is 1.41. The maximum atomic E-state index is 10.3. The van der Waals surface area contributed by atoms with Gasteiger partial charge in [0.15, 0.2) is 6.29 Å². The van der Waals surface area contributed by atoms with Crippen LogP contribution in [-0.2, 0) is 14.4 Å². The Morgan fingerprint density at radius 1 is 1.30 bits per heavy atom. The Balaban J connectivity index is -0.000000343. The summed E-state index contributed by atoms with van der Waals surface area (Å²) in [5, 5.41) is 10.5. The number of hydroxylamine groups is 2. The van der Waals surface area contributed by atoms with Crippen molar-refractivity contribution in [3.8, 4) is 0 Å². The van der Waals surface area contributed by atoms with E-state index in [4.69, 9.17) is 17.1 Å². The van der Waals surface area contributed by atoms with E-state index in [9.17, 15) is 9.90 Å². The molecule has 0 bridgehead atoms. The van der Waals surface area contributed by atoms with E-state index in [0.717, 1.165) is 19.3 Å². The van der Waals surface area contributed by atoms with Crippen LogP contribution in [0.5, 0.6) is 0 Å². The number of nitrogens with zero attached hydrogens (tertiary/aromatic N) is 1. The molecule has 136 valence electrons. The molecule has 23 heavy (non-hydrogen) atoms. The van der Waals surface area contributed by atoms with Crippen molar-refractivity contribution >= 4 is 23.2 Å². The summed E-state index contributed by atoms with van der Waals surface area (Å²) in [5.74, 6) is -0.105. The predicted molar refractivity (Wildman–Crippen MR) is 99.7 cm³/mol. The van der Waals surface area contributed by atoms with Crippen LogP contribution in [0.3, 0.4) is 0 Å². The van der Waals surface area contributed by atoms with Crippen molar-refractivity contribution in [2.45, 2.75) is 66.1 Å². The Kier molecular flexibility index (Phi) is 24.1. The summed E-state index contributed by atoms with van der Waals surface area (Å²) >= 11 is 4.88. The molecule has 0 aromatic heterocycles. The van der Waals surface area contributed by atoms with Crippen molar-refractivity contribution in [3.63, 3.8) is 0 Å². The van der Waals surface area contributed by atoms with E-state index in [-0.39, 0.29) is 5.97 Å². The highest BCUT2D eigenvalue weighted by Gasteiger charge is 2.09. The highest BCUT2D eigenvalue weighted by Crippen LogP contribution is 2.04. The molecule has 0 aliphatic rings. The normalized spacial score (nSPS) is 10.0. The number of ether oxygens (including phenoxy) is 1. The van der Waals surface area contributed by atoms with Crippen LogP contribution < -0.4 is 0 Å². The number of rotatable bonds is 9. The van der Waals surface area contributed by atoms with Gasteiger partial charge in [0.05, 0.1) is 7.11 Å². The van der Waals surface area contributed by atoms with Crippen molar-refractivity contribution in [2.24, 2.45) is 0 Å². The molecular formula is C17H33NO4S. The van der Waals surface area contributed by atoms with Crippen molar-refractivity contribution in [1.82, 2.24) is 5.06 Å². The molecule has 0 amide bonds. The molecule has 0 heterocycles. The van der Waals surface area contributed by atoms with Crippen LogP contribution in [0.4, 0.5) is 0 Å². The average molecular weight is 348 g/mol. The van der Waals surface area contributed by atoms with Crippen molar-refractivity contribution < 1.29 is 19.5 Å². The Morgan fingerprint density at radius 2 is 1.87 bits per heavy atom. The van der Waals surface area contributed by atoms with Crippen molar-refractivity contribution in [3.05, 3.63) is 25.4 Å². The van der Waals surface area contributed by atoms with E-state index in [0.29, 0.717) is 17.8 Å². The number of carbonyl (C=O) groups is 1. The first kappa shape index (κ1) is 26.6. The highest BCUT2D eigenvalue weighted by atomic mass is 32.1. The number of hydrogen-bond acceptors (Lipinski definition) is 5. The second-order valence-corrected chi connectivity index (χ2v) is 4.50. The molecule has 0 rings (SSSR count). The van der Waals surface area contributed by atoms with Gasteiger partial charge in [-0.05, 0) is 12.5 Å². The molecule has 0 spiro atoms. The summed E-state index contributed by atoms with van der Waals surface area (Å²) < 4.78 is 4.41. The Labute approximate surface area is 146 Å². The molecule has 1 N–H and O–H groups in total. The third-order valence-electron chi connectivity index (χ3n) is 2.29. The zero-order valence-corrected chi connectivity index (χ0v) is 16.0. The molecule has 5 nitrogen and oxygen atoms in total. The van der Waals surface area contributed by atoms with Crippen molar-refractivity contribution in [2.75, 3.05) is 7.11 Å². The van der Waals surface area contributed by atoms with E-state index in [1.807, 2.05) is 27.7 Å². The summed E-state index contributed by atoms with van der Waals surface area (Å²) in [6.07, 6.45) is 5.95. The Morgan fingerprint density at radius 3 is 2.22 bits per heavy atom. The van der Waals surface area contributed by atoms with E-state index in [1.54, 1.807) is 0 Å². The van der Waals surface area contributed by atoms with Gasteiger partial charge in [-0.15, -0.1) is 0 Å². The monoisotopic (exact) mass is 347 g/mol. The van der Waals surface area contributed by atoms with Crippen molar-refractivity contribution in [1.29, 1.82) is 0 Å². The minimum atomic E-state index is -0.846. The Hall–Kier alpha value is -1.24. The summed E-state index contributed by atoms with van der Waals surface area (Å²) in [6, 6.07) is 0. The molecule has 0 saturated carbocycles. The minimum absolute atomic E-state index is 0.105. The van der Waals surface area contributed by atoms with Crippen LogP contribution in [0.1, 0.15) is 59.8 Å². The van der Waals surface area contributed by atoms with Gasteiger partial charge in [0, 0.05) is 19.0 Å².